The van der Waals surface area contributed by atoms with Gasteiger partial charge < -0.3 is 10.6 Å². The Bertz CT molecular complexity index is 918. The van der Waals surface area contributed by atoms with Gasteiger partial charge in [0.1, 0.15) is 5.01 Å². The number of thiazole rings is 1. The second-order valence-electron chi connectivity index (χ2n) is 5.72. The summed E-state index contributed by atoms with van der Waals surface area (Å²) in [5.41, 5.74) is 2.38. The van der Waals surface area contributed by atoms with Crippen molar-refractivity contribution in [3.8, 4) is 9.88 Å². The minimum absolute atomic E-state index is 0.104. The van der Waals surface area contributed by atoms with E-state index in [-0.39, 0.29) is 24.3 Å². The zero-order valence-corrected chi connectivity index (χ0v) is 14.8. The van der Waals surface area contributed by atoms with Crippen molar-refractivity contribution in [1.82, 2.24) is 15.6 Å². The molecule has 0 saturated carbocycles. The molecule has 3 heterocycles. The summed E-state index contributed by atoms with van der Waals surface area (Å²) in [7, 11) is 0. The molecular formula is C18H15N3O2S2. The van der Waals surface area contributed by atoms with Crippen molar-refractivity contribution in [3.05, 3.63) is 64.0 Å². The largest absolute Gasteiger partial charge is 0.350 e. The highest BCUT2D eigenvalue weighted by atomic mass is 32.1. The van der Waals surface area contributed by atoms with E-state index in [4.69, 9.17) is 0 Å². The zero-order valence-electron chi connectivity index (χ0n) is 13.2. The van der Waals surface area contributed by atoms with Gasteiger partial charge >= 0.3 is 0 Å². The maximum atomic E-state index is 12.2. The Labute approximate surface area is 152 Å². The van der Waals surface area contributed by atoms with Crippen molar-refractivity contribution in [2.24, 2.45) is 0 Å². The number of hydrogen-bond acceptors (Lipinski definition) is 5. The van der Waals surface area contributed by atoms with Gasteiger partial charge in [0.25, 0.3) is 5.91 Å². The highest BCUT2D eigenvalue weighted by molar-refractivity contribution is 7.20. The first-order chi connectivity index (χ1) is 12.2. The lowest BCUT2D eigenvalue weighted by molar-refractivity contribution is -0.121. The molecule has 2 aromatic heterocycles. The van der Waals surface area contributed by atoms with Crippen LogP contribution in [0.25, 0.3) is 9.88 Å². The number of nitrogens with one attached hydrogen (secondary N) is 2. The Kier molecular flexibility index (Phi) is 4.33. The number of carbonyl (C=O) groups excluding carboxylic acids is 2. The van der Waals surface area contributed by atoms with Crippen molar-refractivity contribution < 1.29 is 9.59 Å². The normalized spacial score (nSPS) is 15.7. The first-order valence-electron chi connectivity index (χ1n) is 7.85. The molecule has 0 spiro atoms. The number of amides is 2. The molecular weight excluding hydrogens is 354 g/mol. The number of thiophene rings is 1. The molecule has 2 N–H and O–H groups in total. The molecule has 7 heteroatoms. The number of nitrogens with zero attached hydrogens (tertiary/aromatic N) is 1. The SMILES string of the molecule is O=C(CC1NC(=O)c2ccccc21)NCc1csc(-c2cccs2)n1. The van der Waals surface area contributed by atoms with E-state index >= 15 is 0 Å². The van der Waals surface area contributed by atoms with E-state index < -0.39 is 0 Å². The maximum Gasteiger partial charge on any atom is 0.252 e. The Hall–Kier alpha value is -2.51. The van der Waals surface area contributed by atoms with Crippen LogP contribution < -0.4 is 10.6 Å². The van der Waals surface area contributed by atoms with Gasteiger partial charge in [0.15, 0.2) is 0 Å². The summed E-state index contributed by atoms with van der Waals surface area (Å²) in [6.45, 7) is 0.392. The van der Waals surface area contributed by atoms with Crippen LogP contribution in [0.15, 0.2) is 47.2 Å². The Morgan fingerprint density at radius 2 is 2.08 bits per heavy atom. The van der Waals surface area contributed by atoms with E-state index in [0.29, 0.717) is 12.1 Å². The molecule has 1 atom stereocenters. The van der Waals surface area contributed by atoms with Crippen LogP contribution >= 0.6 is 22.7 Å². The van der Waals surface area contributed by atoms with Crippen molar-refractivity contribution in [3.63, 3.8) is 0 Å². The standard InChI is InChI=1S/C18H15N3O2S2/c22-16(8-14-12-4-1-2-5-13(12)17(23)21-14)19-9-11-10-25-18(20-11)15-6-3-7-24-15/h1-7,10,14H,8-9H2,(H,19,22)(H,21,23). The lowest BCUT2D eigenvalue weighted by Crippen LogP contribution is -2.28. The van der Waals surface area contributed by atoms with E-state index in [1.165, 1.54) is 0 Å². The van der Waals surface area contributed by atoms with Crippen LogP contribution in [0.5, 0.6) is 0 Å². The third-order valence-electron chi connectivity index (χ3n) is 4.03. The summed E-state index contributed by atoms with van der Waals surface area (Å²) in [5.74, 6) is -0.221. The average molecular weight is 369 g/mol. The minimum atomic E-state index is -0.263. The van der Waals surface area contributed by atoms with E-state index in [1.54, 1.807) is 28.7 Å². The highest BCUT2D eigenvalue weighted by Crippen LogP contribution is 2.28. The number of rotatable bonds is 5. The smallest absolute Gasteiger partial charge is 0.252 e. The van der Waals surface area contributed by atoms with Gasteiger partial charge in [-0.3, -0.25) is 9.59 Å². The molecule has 2 amide bonds. The molecule has 1 unspecified atom stereocenters. The molecule has 1 aromatic carbocycles. The first kappa shape index (κ1) is 16.0. The molecule has 126 valence electrons. The van der Waals surface area contributed by atoms with Crippen LogP contribution in [0.1, 0.15) is 34.1 Å². The van der Waals surface area contributed by atoms with E-state index in [9.17, 15) is 9.59 Å². The second-order valence-corrected chi connectivity index (χ2v) is 7.52. The third kappa shape index (κ3) is 3.33. The summed E-state index contributed by atoms with van der Waals surface area (Å²) < 4.78 is 0. The van der Waals surface area contributed by atoms with Gasteiger partial charge in [0.05, 0.1) is 29.6 Å². The Morgan fingerprint density at radius 3 is 2.92 bits per heavy atom. The average Bonchev–Trinajstić information content (AvgIpc) is 3.34. The van der Waals surface area contributed by atoms with E-state index in [1.807, 2.05) is 41.1 Å². The van der Waals surface area contributed by atoms with Crippen molar-refractivity contribution >= 4 is 34.5 Å². The first-order valence-corrected chi connectivity index (χ1v) is 9.61. The van der Waals surface area contributed by atoms with Crippen molar-refractivity contribution in [1.29, 1.82) is 0 Å². The second kappa shape index (κ2) is 6.78. The summed E-state index contributed by atoms with van der Waals surface area (Å²) in [6.07, 6.45) is 0.227. The Balaban J connectivity index is 1.35. The minimum Gasteiger partial charge on any atom is -0.350 e. The molecule has 4 rings (SSSR count). The molecule has 0 aliphatic carbocycles. The fraction of sp³-hybridized carbons (Fsp3) is 0.167. The summed E-state index contributed by atoms with van der Waals surface area (Å²) >= 11 is 3.22. The van der Waals surface area contributed by atoms with Gasteiger partial charge in [-0.1, -0.05) is 24.3 Å². The lowest BCUT2D eigenvalue weighted by atomic mass is 10.0. The van der Waals surface area contributed by atoms with Crippen LogP contribution in [0.2, 0.25) is 0 Å². The summed E-state index contributed by atoms with van der Waals surface area (Å²) in [5, 5.41) is 10.7. The molecule has 1 aliphatic heterocycles. The predicted molar refractivity (Wildman–Crippen MR) is 98.5 cm³/mol. The third-order valence-corrected chi connectivity index (χ3v) is 5.96. The van der Waals surface area contributed by atoms with Crippen LogP contribution in [-0.2, 0) is 11.3 Å². The van der Waals surface area contributed by atoms with Crippen molar-refractivity contribution in [2.45, 2.75) is 19.0 Å². The van der Waals surface area contributed by atoms with Gasteiger partial charge in [0.2, 0.25) is 5.91 Å². The number of benzene rings is 1. The highest BCUT2D eigenvalue weighted by Gasteiger charge is 2.29. The van der Waals surface area contributed by atoms with Crippen LogP contribution in [0, 0.1) is 0 Å². The molecule has 0 fully saturated rings. The van der Waals surface area contributed by atoms with Crippen LogP contribution in [0.4, 0.5) is 0 Å². The molecule has 25 heavy (non-hydrogen) atoms. The number of fused-ring (bicyclic) bond motifs is 1. The van der Waals surface area contributed by atoms with Crippen LogP contribution in [0.3, 0.4) is 0 Å². The molecule has 5 nitrogen and oxygen atoms in total. The Morgan fingerprint density at radius 1 is 1.20 bits per heavy atom. The molecule has 1 aliphatic rings. The maximum absolute atomic E-state index is 12.2. The molecule has 0 bridgehead atoms. The van der Waals surface area contributed by atoms with Gasteiger partial charge in [-0.2, -0.15) is 0 Å². The van der Waals surface area contributed by atoms with Gasteiger partial charge in [0, 0.05) is 10.9 Å². The van der Waals surface area contributed by atoms with Crippen molar-refractivity contribution in [2.75, 3.05) is 0 Å². The quantitative estimate of drug-likeness (QED) is 0.724. The van der Waals surface area contributed by atoms with Crippen LogP contribution in [-0.4, -0.2) is 16.8 Å². The van der Waals surface area contributed by atoms with E-state index in [2.05, 4.69) is 15.6 Å². The molecule has 3 aromatic rings. The monoisotopic (exact) mass is 369 g/mol. The van der Waals surface area contributed by atoms with E-state index in [0.717, 1.165) is 21.1 Å². The fourth-order valence-electron chi connectivity index (χ4n) is 2.83. The fourth-order valence-corrected chi connectivity index (χ4v) is 4.46. The summed E-state index contributed by atoms with van der Waals surface area (Å²) in [4.78, 5) is 29.8. The topological polar surface area (TPSA) is 71.1 Å². The number of aromatic nitrogens is 1. The predicted octanol–water partition coefficient (Wildman–Crippen LogP) is 3.36. The summed E-state index contributed by atoms with van der Waals surface area (Å²) in [6, 6.07) is 11.1. The molecule has 0 saturated heterocycles. The van der Waals surface area contributed by atoms with Gasteiger partial charge in [-0.25, -0.2) is 4.98 Å². The van der Waals surface area contributed by atoms with Gasteiger partial charge in [-0.15, -0.1) is 22.7 Å². The number of carbonyl (C=O) groups is 2. The zero-order chi connectivity index (χ0) is 17.2. The lowest BCUT2D eigenvalue weighted by Gasteiger charge is -2.11. The number of hydrogen-bond donors (Lipinski definition) is 2. The molecule has 0 radical (unpaired) electrons. The van der Waals surface area contributed by atoms with Gasteiger partial charge in [-0.05, 0) is 23.1 Å².